The van der Waals surface area contributed by atoms with Crippen LogP contribution < -0.4 is 27.4 Å². The molecule has 1 aromatic carbocycles. The van der Waals surface area contributed by atoms with Crippen molar-refractivity contribution in [2.45, 2.75) is 50.4 Å². The van der Waals surface area contributed by atoms with Gasteiger partial charge in [-0.15, -0.1) is 0 Å². The average molecular weight is 527 g/mol. The molecule has 2 aromatic heterocycles. The molecule has 0 radical (unpaired) electrons. The topological polar surface area (TPSA) is 238 Å². The number of aromatic nitrogens is 3. The smallest absolute Gasteiger partial charge is 0.326 e. The van der Waals surface area contributed by atoms with E-state index in [1.54, 1.807) is 6.20 Å². The van der Waals surface area contributed by atoms with Crippen molar-refractivity contribution in [1.29, 1.82) is 0 Å². The van der Waals surface area contributed by atoms with Crippen LogP contribution in [0.3, 0.4) is 0 Å². The number of aliphatic carboxylic acids is 1. The predicted octanol–water partition coefficient (Wildman–Crippen LogP) is -1.56. The molecule has 2 heterocycles. The van der Waals surface area contributed by atoms with Gasteiger partial charge in [0.25, 0.3) is 0 Å². The molecule has 4 atom stereocenters. The van der Waals surface area contributed by atoms with E-state index in [1.807, 2.05) is 24.3 Å². The van der Waals surface area contributed by atoms with E-state index in [0.29, 0.717) is 11.3 Å². The zero-order chi connectivity index (χ0) is 27.8. The van der Waals surface area contributed by atoms with Crippen molar-refractivity contribution in [3.05, 3.63) is 54.2 Å². The predicted molar refractivity (Wildman–Crippen MR) is 135 cm³/mol. The van der Waals surface area contributed by atoms with Crippen LogP contribution >= 0.6 is 0 Å². The highest BCUT2D eigenvalue weighted by Gasteiger charge is 2.30. The highest BCUT2D eigenvalue weighted by molar-refractivity contribution is 5.95. The molecule has 202 valence electrons. The highest BCUT2D eigenvalue weighted by Crippen LogP contribution is 2.19. The quantitative estimate of drug-likeness (QED) is 0.129. The van der Waals surface area contributed by atoms with Gasteiger partial charge in [0.2, 0.25) is 23.6 Å². The molecule has 0 aliphatic heterocycles. The molecule has 0 saturated heterocycles. The van der Waals surface area contributed by atoms with Gasteiger partial charge in [-0.3, -0.25) is 19.2 Å². The largest absolute Gasteiger partial charge is 0.480 e. The summed E-state index contributed by atoms with van der Waals surface area (Å²) in [6.45, 7) is 1.38. The lowest BCUT2D eigenvalue weighted by Gasteiger charge is -2.23. The summed E-state index contributed by atoms with van der Waals surface area (Å²) >= 11 is 0. The summed E-state index contributed by atoms with van der Waals surface area (Å²) in [6, 6.07) is 2.51. The maximum Gasteiger partial charge on any atom is 0.326 e. The molecule has 14 heteroatoms. The number of nitrogens with two attached hydrogens (primary N) is 2. The van der Waals surface area contributed by atoms with Gasteiger partial charge in [0.05, 0.1) is 18.8 Å². The number of para-hydroxylation sites is 1. The van der Waals surface area contributed by atoms with Crippen LogP contribution in [0.2, 0.25) is 0 Å². The minimum atomic E-state index is -1.30. The molecule has 4 unspecified atom stereocenters. The molecule has 0 aliphatic rings. The summed E-state index contributed by atoms with van der Waals surface area (Å²) < 4.78 is 0. The molecule has 14 nitrogen and oxygen atoms in total. The first-order valence-electron chi connectivity index (χ1n) is 11.7. The SMILES string of the molecule is CC(NC(=O)C(N)CC(N)=O)C(=O)NC(Cc1c[nH]c2ccccc12)C(=O)NC(Cc1cnc[nH]1)C(=O)O. The minimum Gasteiger partial charge on any atom is -0.480 e. The highest BCUT2D eigenvalue weighted by atomic mass is 16.4. The van der Waals surface area contributed by atoms with Crippen molar-refractivity contribution in [3.63, 3.8) is 0 Å². The maximum atomic E-state index is 13.3. The summed E-state index contributed by atoms with van der Waals surface area (Å²) in [5.74, 6) is -4.27. The van der Waals surface area contributed by atoms with E-state index >= 15 is 0 Å². The van der Waals surface area contributed by atoms with Crippen LogP contribution in [0, 0.1) is 0 Å². The molecule has 3 aromatic rings. The van der Waals surface area contributed by atoms with E-state index in [0.717, 1.165) is 10.9 Å². The van der Waals surface area contributed by atoms with E-state index in [2.05, 4.69) is 30.9 Å². The normalized spacial score (nSPS) is 14.2. The van der Waals surface area contributed by atoms with Crippen LogP contribution in [0.4, 0.5) is 0 Å². The zero-order valence-corrected chi connectivity index (χ0v) is 20.6. The minimum absolute atomic E-state index is 0.0276. The van der Waals surface area contributed by atoms with Gasteiger partial charge in [-0.05, 0) is 18.6 Å². The lowest BCUT2D eigenvalue weighted by atomic mass is 10.0. The Morgan fingerprint density at radius 3 is 2.34 bits per heavy atom. The van der Waals surface area contributed by atoms with E-state index in [4.69, 9.17) is 11.5 Å². The Morgan fingerprint density at radius 2 is 1.68 bits per heavy atom. The summed E-state index contributed by atoms with van der Waals surface area (Å²) in [5, 5.41) is 17.9. The number of hydrogen-bond acceptors (Lipinski definition) is 7. The molecule has 0 aliphatic carbocycles. The third-order valence-electron chi connectivity index (χ3n) is 5.84. The molecule has 4 amide bonds. The Labute approximate surface area is 216 Å². The van der Waals surface area contributed by atoms with Gasteiger partial charge in [0.15, 0.2) is 0 Å². The number of H-pyrrole nitrogens is 2. The Kier molecular flexibility index (Phi) is 9.16. The molecule has 0 spiro atoms. The molecule has 38 heavy (non-hydrogen) atoms. The number of rotatable bonds is 13. The molecule has 3 rings (SSSR count). The lowest BCUT2D eigenvalue weighted by Crippen LogP contribution is -2.57. The number of carboxylic acid groups (broad SMARTS) is 1. The second-order valence-corrected chi connectivity index (χ2v) is 8.81. The monoisotopic (exact) mass is 526 g/mol. The Hall–Kier alpha value is -4.72. The number of nitrogens with zero attached hydrogens (tertiary/aromatic N) is 1. The van der Waals surface area contributed by atoms with Crippen molar-refractivity contribution < 1.29 is 29.1 Å². The molecule has 0 bridgehead atoms. The first-order chi connectivity index (χ1) is 18.0. The number of nitrogens with one attached hydrogen (secondary N) is 5. The fourth-order valence-corrected chi connectivity index (χ4v) is 3.81. The Morgan fingerprint density at radius 1 is 0.974 bits per heavy atom. The molecular formula is C24H30N8O6. The van der Waals surface area contributed by atoms with E-state index < -0.39 is 60.2 Å². The van der Waals surface area contributed by atoms with Crippen molar-refractivity contribution in [3.8, 4) is 0 Å². The Bertz CT molecular complexity index is 1300. The third kappa shape index (κ3) is 7.39. The number of benzene rings is 1. The average Bonchev–Trinajstić information content (AvgIpc) is 3.52. The number of amides is 4. The second kappa shape index (κ2) is 12.5. The van der Waals surface area contributed by atoms with Crippen molar-refractivity contribution in [2.24, 2.45) is 11.5 Å². The van der Waals surface area contributed by atoms with Gasteiger partial charge in [0.1, 0.15) is 18.1 Å². The summed E-state index contributed by atoms with van der Waals surface area (Å²) in [7, 11) is 0. The molecule has 10 N–H and O–H groups in total. The second-order valence-electron chi connectivity index (χ2n) is 8.81. The molecule has 0 saturated carbocycles. The summed E-state index contributed by atoms with van der Waals surface area (Å²) in [5.41, 5.74) is 12.7. The fraction of sp³-hybridized carbons (Fsp3) is 0.333. The van der Waals surface area contributed by atoms with E-state index in [1.165, 1.54) is 19.4 Å². The number of carbonyl (C=O) groups is 5. The van der Waals surface area contributed by atoms with Crippen molar-refractivity contribution in [1.82, 2.24) is 30.9 Å². The molecular weight excluding hydrogens is 496 g/mol. The van der Waals surface area contributed by atoms with Crippen molar-refractivity contribution in [2.75, 3.05) is 0 Å². The van der Waals surface area contributed by atoms with Gasteiger partial charge >= 0.3 is 5.97 Å². The van der Waals surface area contributed by atoms with Gasteiger partial charge < -0.3 is 42.5 Å². The van der Waals surface area contributed by atoms with Crippen LogP contribution in [-0.2, 0) is 36.8 Å². The Balaban J connectivity index is 1.77. The van der Waals surface area contributed by atoms with Gasteiger partial charge in [-0.25, -0.2) is 9.78 Å². The first-order valence-corrected chi connectivity index (χ1v) is 11.7. The van der Waals surface area contributed by atoms with Crippen LogP contribution in [0.1, 0.15) is 24.6 Å². The standard InChI is InChI=1S/C24H30N8O6/c1-12(30-22(35)16(25)8-20(26)33)21(34)31-18(6-13-9-28-17-5-3-2-4-15(13)17)23(36)32-19(24(37)38)7-14-10-27-11-29-14/h2-5,9-12,16,18-19,28H,6-8,25H2,1H3,(H2,26,33)(H,27,29)(H,30,35)(H,31,34)(H,32,36)(H,37,38). The van der Waals surface area contributed by atoms with Crippen LogP contribution in [-0.4, -0.2) is 73.8 Å². The van der Waals surface area contributed by atoms with Crippen molar-refractivity contribution >= 4 is 40.5 Å². The van der Waals surface area contributed by atoms with Gasteiger partial charge in [-0.1, -0.05) is 18.2 Å². The van der Waals surface area contributed by atoms with Gasteiger partial charge in [0, 0.05) is 41.8 Å². The summed E-state index contributed by atoms with van der Waals surface area (Å²) in [4.78, 5) is 71.0. The molecule has 0 fully saturated rings. The van der Waals surface area contributed by atoms with Crippen LogP contribution in [0.25, 0.3) is 10.9 Å². The maximum absolute atomic E-state index is 13.3. The van der Waals surface area contributed by atoms with Crippen LogP contribution in [0.15, 0.2) is 43.0 Å². The lowest BCUT2D eigenvalue weighted by molar-refractivity contribution is -0.142. The van der Waals surface area contributed by atoms with E-state index in [-0.39, 0.29) is 12.8 Å². The van der Waals surface area contributed by atoms with Gasteiger partial charge in [-0.2, -0.15) is 0 Å². The fourth-order valence-electron chi connectivity index (χ4n) is 3.81. The number of hydrogen-bond donors (Lipinski definition) is 8. The number of aromatic amines is 2. The zero-order valence-electron chi connectivity index (χ0n) is 20.6. The number of carbonyl (C=O) groups excluding carboxylic acids is 4. The summed E-state index contributed by atoms with van der Waals surface area (Å²) in [6.07, 6.45) is 4.10. The number of carboxylic acids is 1. The number of primary amides is 1. The number of imidazole rings is 1. The first kappa shape index (κ1) is 27.9. The third-order valence-corrected chi connectivity index (χ3v) is 5.84. The number of fused-ring (bicyclic) bond motifs is 1. The van der Waals surface area contributed by atoms with E-state index in [9.17, 15) is 29.1 Å². The van der Waals surface area contributed by atoms with Crippen LogP contribution in [0.5, 0.6) is 0 Å².